The van der Waals surface area contributed by atoms with E-state index in [0.29, 0.717) is 12.5 Å². The van der Waals surface area contributed by atoms with Crippen molar-refractivity contribution in [2.75, 3.05) is 25.4 Å². The summed E-state index contributed by atoms with van der Waals surface area (Å²) < 4.78 is 21.6. The van der Waals surface area contributed by atoms with E-state index >= 15 is 0 Å². The molecular formula is C9H21N3O2S. The monoisotopic (exact) mass is 235 g/mol. The molecule has 6 heteroatoms. The maximum atomic E-state index is 10.8. The molecule has 1 heterocycles. The smallest absolute Gasteiger partial charge is 0.210 e. The van der Waals surface area contributed by atoms with E-state index < -0.39 is 10.0 Å². The lowest BCUT2D eigenvalue weighted by Crippen LogP contribution is -2.44. The van der Waals surface area contributed by atoms with Crippen LogP contribution >= 0.6 is 0 Å². The van der Waals surface area contributed by atoms with E-state index in [1.165, 1.54) is 0 Å². The average molecular weight is 235 g/mol. The highest BCUT2D eigenvalue weighted by Crippen LogP contribution is 2.18. The van der Waals surface area contributed by atoms with Crippen LogP contribution in [0.2, 0.25) is 0 Å². The van der Waals surface area contributed by atoms with Crippen molar-refractivity contribution in [2.45, 2.75) is 25.8 Å². The third-order valence-corrected chi connectivity index (χ3v) is 3.73. The molecule has 0 amide bonds. The minimum absolute atomic E-state index is 0.0403. The van der Waals surface area contributed by atoms with Gasteiger partial charge in [-0.05, 0) is 32.2 Å². The predicted octanol–water partition coefficient (Wildman–Crippen LogP) is -0.666. The Kier molecular flexibility index (Phi) is 4.51. The summed E-state index contributed by atoms with van der Waals surface area (Å²) in [7, 11) is -3.33. The molecule has 0 radical (unpaired) electrons. The summed E-state index contributed by atoms with van der Waals surface area (Å²) in [6.45, 7) is 4.39. The van der Waals surface area contributed by atoms with Crippen molar-refractivity contribution in [1.29, 1.82) is 0 Å². The van der Waals surface area contributed by atoms with Crippen LogP contribution < -0.4 is 10.9 Å². The van der Waals surface area contributed by atoms with Gasteiger partial charge in [-0.1, -0.05) is 0 Å². The van der Waals surface area contributed by atoms with Crippen molar-refractivity contribution >= 4 is 10.0 Å². The zero-order valence-electron chi connectivity index (χ0n) is 9.22. The first-order chi connectivity index (χ1) is 6.88. The minimum Gasteiger partial charge on any atom is -0.328 e. The number of hydrogen-bond donors (Lipinski definition) is 2. The van der Waals surface area contributed by atoms with E-state index in [9.17, 15) is 8.42 Å². The Bertz CT molecular complexity index is 290. The van der Waals surface area contributed by atoms with Gasteiger partial charge in [0.15, 0.2) is 0 Å². The van der Waals surface area contributed by atoms with Crippen LogP contribution in [0.3, 0.4) is 0 Å². The summed E-state index contributed by atoms with van der Waals surface area (Å²) in [6.07, 6.45) is 2.24. The van der Waals surface area contributed by atoms with Gasteiger partial charge in [-0.2, -0.15) is 0 Å². The Labute approximate surface area is 91.9 Å². The molecule has 0 aromatic carbocycles. The topological polar surface area (TPSA) is 89.4 Å². The van der Waals surface area contributed by atoms with Crippen molar-refractivity contribution in [1.82, 2.24) is 4.90 Å². The number of likely N-dealkylation sites (tertiary alicyclic amines) is 1. The Morgan fingerprint density at radius 2 is 2.20 bits per heavy atom. The fourth-order valence-electron chi connectivity index (χ4n) is 1.98. The summed E-state index contributed by atoms with van der Waals surface area (Å²) in [5.41, 5.74) is 5.84. The SMILES string of the molecule is CC(N)C1CCCN(CCS(N)(=O)=O)C1. The molecule has 1 fully saturated rings. The number of primary sulfonamides is 1. The first kappa shape index (κ1) is 12.9. The predicted molar refractivity (Wildman–Crippen MR) is 60.8 cm³/mol. The van der Waals surface area contributed by atoms with Crippen LogP contribution in [0.15, 0.2) is 0 Å². The highest BCUT2D eigenvalue weighted by Gasteiger charge is 2.22. The van der Waals surface area contributed by atoms with E-state index in [1.54, 1.807) is 0 Å². The Morgan fingerprint density at radius 3 is 2.73 bits per heavy atom. The standard InChI is InChI=1S/C9H21N3O2S/c1-8(10)9-3-2-4-12(7-9)5-6-15(11,13)14/h8-9H,2-7,10H2,1H3,(H2,11,13,14). The van der Waals surface area contributed by atoms with Crippen molar-refractivity contribution in [3.05, 3.63) is 0 Å². The van der Waals surface area contributed by atoms with Gasteiger partial charge in [0.05, 0.1) is 5.75 Å². The van der Waals surface area contributed by atoms with Crippen molar-refractivity contribution in [3.63, 3.8) is 0 Å². The molecule has 0 saturated carbocycles. The molecule has 0 aliphatic carbocycles. The lowest BCUT2D eigenvalue weighted by molar-refractivity contribution is 0.169. The lowest BCUT2D eigenvalue weighted by atomic mass is 9.92. The molecule has 15 heavy (non-hydrogen) atoms. The zero-order chi connectivity index (χ0) is 11.5. The second-order valence-electron chi connectivity index (χ2n) is 4.43. The number of nitrogens with zero attached hydrogens (tertiary/aromatic N) is 1. The molecule has 90 valence electrons. The number of piperidine rings is 1. The normalized spacial score (nSPS) is 26.5. The number of rotatable bonds is 4. The second kappa shape index (κ2) is 5.25. The van der Waals surface area contributed by atoms with Gasteiger partial charge in [-0.15, -0.1) is 0 Å². The van der Waals surface area contributed by atoms with Crippen LogP contribution in [0.4, 0.5) is 0 Å². The molecule has 2 atom stereocenters. The van der Waals surface area contributed by atoms with Gasteiger partial charge in [0.25, 0.3) is 0 Å². The summed E-state index contributed by atoms with van der Waals surface area (Å²) in [5, 5.41) is 4.97. The molecule has 1 rings (SSSR count). The van der Waals surface area contributed by atoms with Gasteiger partial charge in [0.1, 0.15) is 0 Å². The van der Waals surface area contributed by atoms with Crippen LogP contribution in [0.25, 0.3) is 0 Å². The van der Waals surface area contributed by atoms with E-state index in [2.05, 4.69) is 4.90 Å². The van der Waals surface area contributed by atoms with Crippen LogP contribution in [0.1, 0.15) is 19.8 Å². The average Bonchev–Trinajstić information content (AvgIpc) is 2.14. The molecule has 5 nitrogen and oxygen atoms in total. The second-order valence-corrected chi connectivity index (χ2v) is 6.16. The molecular weight excluding hydrogens is 214 g/mol. The highest BCUT2D eigenvalue weighted by atomic mass is 32.2. The van der Waals surface area contributed by atoms with Crippen LogP contribution in [-0.4, -0.2) is 44.7 Å². The van der Waals surface area contributed by atoms with E-state index in [0.717, 1.165) is 25.9 Å². The van der Waals surface area contributed by atoms with E-state index in [1.807, 2.05) is 6.92 Å². The van der Waals surface area contributed by atoms with Gasteiger partial charge in [-0.25, -0.2) is 13.6 Å². The maximum Gasteiger partial charge on any atom is 0.210 e. The molecule has 1 aliphatic heterocycles. The van der Waals surface area contributed by atoms with Gasteiger partial charge in [-0.3, -0.25) is 0 Å². The number of sulfonamides is 1. The summed E-state index contributed by atoms with van der Waals surface area (Å²) in [5.74, 6) is 0.526. The fraction of sp³-hybridized carbons (Fsp3) is 1.00. The van der Waals surface area contributed by atoms with Crippen LogP contribution in [0.5, 0.6) is 0 Å². The van der Waals surface area contributed by atoms with Gasteiger partial charge in [0, 0.05) is 19.1 Å². The van der Waals surface area contributed by atoms with Crippen molar-refractivity contribution in [3.8, 4) is 0 Å². The molecule has 0 spiro atoms. The first-order valence-corrected chi connectivity index (χ1v) is 7.08. The van der Waals surface area contributed by atoms with Crippen molar-refractivity contribution < 1.29 is 8.42 Å². The minimum atomic E-state index is -3.33. The highest BCUT2D eigenvalue weighted by molar-refractivity contribution is 7.89. The third kappa shape index (κ3) is 4.92. The zero-order valence-corrected chi connectivity index (χ0v) is 10.0. The Balaban J connectivity index is 2.37. The van der Waals surface area contributed by atoms with E-state index in [-0.39, 0.29) is 11.8 Å². The first-order valence-electron chi connectivity index (χ1n) is 5.37. The van der Waals surface area contributed by atoms with Gasteiger partial charge in [0.2, 0.25) is 10.0 Å². The van der Waals surface area contributed by atoms with Crippen molar-refractivity contribution in [2.24, 2.45) is 16.8 Å². The van der Waals surface area contributed by atoms with Crippen LogP contribution in [0, 0.1) is 5.92 Å². The Morgan fingerprint density at radius 1 is 1.53 bits per heavy atom. The summed E-state index contributed by atoms with van der Waals surface area (Å²) in [4.78, 5) is 2.14. The number of nitrogens with two attached hydrogens (primary N) is 2. The fourth-order valence-corrected chi connectivity index (χ4v) is 2.49. The van der Waals surface area contributed by atoms with Gasteiger partial charge < -0.3 is 10.6 Å². The van der Waals surface area contributed by atoms with E-state index in [4.69, 9.17) is 10.9 Å². The largest absolute Gasteiger partial charge is 0.328 e. The molecule has 4 N–H and O–H groups in total. The summed E-state index contributed by atoms with van der Waals surface area (Å²) >= 11 is 0. The molecule has 0 bridgehead atoms. The molecule has 2 unspecified atom stereocenters. The molecule has 1 aliphatic rings. The van der Waals surface area contributed by atoms with Gasteiger partial charge >= 0.3 is 0 Å². The molecule has 1 saturated heterocycles. The quantitative estimate of drug-likeness (QED) is 0.676. The maximum absolute atomic E-state index is 10.8. The molecule has 0 aromatic rings. The number of hydrogen-bond acceptors (Lipinski definition) is 4. The van der Waals surface area contributed by atoms with Crippen LogP contribution in [-0.2, 0) is 10.0 Å². The third-order valence-electron chi connectivity index (χ3n) is 2.98. The Hall–Kier alpha value is -0.170. The molecule has 0 aromatic heterocycles. The lowest BCUT2D eigenvalue weighted by Gasteiger charge is -2.34. The summed E-state index contributed by atoms with van der Waals surface area (Å²) in [6, 6.07) is 0.183.